The van der Waals surface area contributed by atoms with Gasteiger partial charge in [0.1, 0.15) is 0 Å². The van der Waals surface area contributed by atoms with Crippen molar-refractivity contribution in [2.45, 2.75) is 31.6 Å². The molecule has 0 saturated carbocycles. The SMILES string of the molecule is CN(C)c1nc2nc(N3CCCC(N)C3)n(Cc3ccccc3)c2c(=O)n1C.O=C(O)C(F)(F)F. The van der Waals surface area contributed by atoms with E-state index in [1.165, 1.54) is 0 Å². The number of rotatable bonds is 4. The first-order chi connectivity index (χ1) is 16.4. The van der Waals surface area contributed by atoms with Gasteiger partial charge in [0, 0.05) is 40.3 Å². The summed E-state index contributed by atoms with van der Waals surface area (Å²) in [5.74, 6) is -1.40. The van der Waals surface area contributed by atoms with Crippen LogP contribution in [0.1, 0.15) is 18.4 Å². The molecule has 0 aliphatic carbocycles. The number of aromatic nitrogens is 4. The van der Waals surface area contributed by atoms with Crippen LogP contribution in [-0.4, -0.2) is 69.6 Å². The number of imidazole rings is 1. The Morgan fingerprint density at radius 2 is 1.86 bits per heavy atom. The zero-order valence-electron chi connectivity index (χ0n) is 19.7. The molecular formula is C22H28F3N7O3. The van der Waals surface area contributed by atoms with Crippen LogP contribution in [0.15, 0.2) is 35.1 Å². The number of benzene rings is 1. The Balaban J connectivity index is 0.000000429. The first-order valence-corrected chi connectivity index (χ1v) is 10.9. The van der Waals surface area contributed by atoms with Crippen LogP contribution in [0.25, 0.3) is 11.2 Å². The highest BCUT2D eigenvalue weighted by molar-refractivity contribution is 5.76. The summed E-state index contributed by atoms with van der Waals surface area (Å²) < 4.78 is 35.3. The van der Waals surface area contributed by atoms with E-state index in [4.69, 9.17) is 20.6 Å². The zero-order chi connectivity index (χ0) is 25.9. The minimum atomic E-state index is -5.08. The number of carboxylic acids is 1. The zero-order valence-corrected chi connectivity index (χ0v) is 19.7. The smallest absolute Gasteiger partial charge is 0.475 e. The normalized spacial score (nSPS) is 16.1. The number of anilines is 2. The number of nitrogens with two attached hydrogens (primary N) is 1. The van der Waals surface area contributed by atoms with Crippen molar-refractivity contribution in [2.75, 3.05) is 37.0 Å². The van der Waals surface area contributed by atoms with Crippen LogP contribution in [0, 0.1) is 0 Å². The lowest BCUT2D eigenvalue weighted by molar-refractivity contribution is -0.192. The third-order valence-electron chi connectivity index (χ3n) is 5.51. The molecule has 190 valence electrons. The molecule has 1 aromatic carbocycles. The van der Waals surface area contributed by atoms with Gasteiger partial charge in [-0.05, 0) is 18.4 Å². The number of aliphatic carboxylic acids is 1. The lowest BCUT2D eigenvalue weighted by Gasteiger charge is -2.31. The van der Waals surface area contributed by atoms with Gasteiger partial charge in [-0.25, -0.2) is 4.79 Å². The van der Waals surface area contributed by atoms with E-state index < -0.39 is 12.1 Å². The van der Waals surface area contributed by atoms with Gasteiger partial charge in [-0.3, -0.25) is 13.9 Å². The first-order valence-electron chi connectivity index (χ1n) is 10.9. The predicted octanol–water partition coefficient (Wildman–Crippen LogP) is 1.81. The Morgan fingerprint density at radius 1 is 1.23 bits per heavy atom. The summed E-state index contributed by atoms with van der Waals surface area (Å²) in [6.45, 7) is 2.18. The lowest BCUT2D eigenvalue weighted by Crippen LogP contribution is -2.44. The average molecular weight is 496 g/mol. The molecule has 3 aromatic rings. The van der Waals surface area contributed by atoms with Crippen molar-refractivity contribution in [3.63, 3.8) is 0 Å². The van der Waals surface area contributed by atoms with Crippen molar-refractivity contribution in [3.05, 3.63) is 46.2 Å². The number of alkyl halides is 3. The summed E-state index contributed by atoms with van der Waals surface area (Å²) in [6, 6.07) is 10.2. The number of carboxylic acid groups (broad SMARTS) is 1. The number of carbonyl (C=O) groups is 1. The average Bonchev–Trinajstić information content (AvgIpc) is 3.15. The number of hydrogen-bond donors (Lipinski definition) is 2. The molecule has 1 saturated heterocycles. The molecule has 0 spiro atoms. The van der Waals surface area contributed by atoms with Crippen molar-refractivity contribution < 1.29 is 23.1 Å². The molecule has 1 fully saturated rings. The molecule has 10 nitrogen and oxygen atoms in total. The highest BCUT2D eigenvalue weighted by Gasteiger charge is 2.38. The molecule has 1 unspecified atom stereocenters. The summed E-state index contributed by atoms with van der Waals surface area (Å²) in [7, 11) is 5.50. The van der Waals surface area contributed by atoms with E-state index in [-0.39, 0.29) is 11.6 Å². The first kappa shape index (κ1) is 26.0. The van der Waals surface area contributed by atoms with Gasteiger partial charge in [0.05, 0.1) is 6.54 Å². The Bertz CT molecular complexity index is 1240. The van der Waals surface area contributed by atoms with Crippen LogP contribution in [0.5, 0.6) is 0 Å². The molecule has 0 bridgehead atoms. The molecule has 0 amide bonds. The fourth-order valence-electron chi connectivity index (χ4n) is 3.89. The molecule has 1 atom stereocenters. The fraction of sp³-hybridized carbons (Fsp3) is 0.455. The number of nitrogens with zero attached hydrogens (tertiary/aromatic N) is 6. The van der Waals surface area contributed by atoms with E-state index in [1.54, 1.807) is 11.6 Å². The second-order valence-corrected chi connectivity index (χ2v) is 8.48. The number of halogens is 3. The summed E-state index contributed by atoms with van der Waals surface area (Å²) >= 11 is 0. The fourth-order valence-corrected chi connectivity index (χ4v) is 3.89. The van der Waals surface area contributed by atoms with Crippen molar-refractivity contribution in [3.8, 4) is 0 Å². The summed E-state index contributed by atoms with van der Waals surface area (Å²) in [4.78, 5) is 35.6. The van der Waals surface area contributed by atoms with Gasteiger partial charge in [-0.1, -0.05) is 30.3 Å². The molecule has 3 heterocycles. The Hall–Kier alpha value is -3.61. The van der Waals surface area contributed by atoms with Crippen LogP contribution in [0.4, 0.5) is 25.1 Å². The predicted molar refractivity (Wildman–Crippen MR) is 126 cm³/mol. The third-order valence-corrected chi connectivity index (χ3v) is 5.51. The van der Waals surface area contributed by atoms with Crippen LogP contribution < -0.4 is 21.1 Å². The van der Waals surface area contributed by atoms with E-state index in [2.05, 4.69) is 22.0 Å². The Morgan fingerprint density at radius 3 is 2.40 bits per heavy atom. The number of piperidine rings is 1. The molecule has 0 radical (unpaired) electrons. The highest BCUT2D eigenvalue weighted by atomic mass is 19.4. The maximum atomic E-state index is 13.2. The molecule has 1 aliphatic heterocycles. The van der Waals surface area contributed by atoms with Crippen molar-refractivity contribution in [2.24, 2.45) is 12.8 Å². The Kier molecular flexibility index (Phi) is 7.68. The standard InChI is InChI=1S/C20H27N7O.C2HF3O2/c1-24(2)19-22-17-16(18(28)25(19)3)27(12-14-8-5-4-6-9-14)20(23-17)26-11-7-10-15(21)13-26;3-2(4,5)1(6)7/h4-6,8-9,15H,7,10-13,21H2,1-3H3;(H,6,7). The quantitative estimate of drug-likeness (QED) is 0.562. The van der Waals surface area contributed by atoms with E-state index in [1.807, 2.05) is 41.8 Å². The van der Waals surface area contributed by atoms with Crippen LogP contribution >= 0.6 is 0 Å². The number of fused-ring (bicyclic) bond motifs is 1. The van der Waals surface area contributed by atoms with Crippen LogP contribution in [0.2, 0.25) is 0 Å². The monoisotopic (exact) mass is 495 g/mol. The van der Waals surface area contributed by atoms with E-state index >= 15 is 0 Å². The molecular weight excluding hydrogens is 467 g/mol. The van der Waals surface area contributed by atoms with Gasteiger partial charge in [-0.2, -0.15) is 23.1 Å². The lowest BCUT2D eigenvalue weighted by atomic mass is 10.1. The number of hydrogen-bond acceptors (Lipinski definition) is 7. The molecule has 4 rings (SSSR count). The minimum absolute atomic E-state index is 0.0929. The van der Waals surface area contributed by atoms with E-state index in [0.29, 0.717) is 23.7 Å². The van der Waals surface area contributed by atoms with E-state index in [9.17, 15) is 18.0 Å². The van der Waals surface area contributed by atoms with Gasteiger partial charge >= 0.3 is 12.1 Å². The second-order valence-electron chi connectivity index (χ2n) is 8.48. The van der Waals surface area contributed by atoms with Gasteiger partial charge in [-0.15, -0.1) is 0 Å². The van der Waals surface area contributed by atoms with Gasteiger partial charge in [0.2, 0.25) is 11.9 Å². The molecule has 13 heteroatoms. The van der Waals surface area contributed by atoms with Gasteiger partial charge in [0.15, 0.2) is 11.2 Å². The maximum Gasteiger partial charge on any atom is 0.490 e. The maximum absolute atomic E-state index is 13.2. The summed E-state index contributed by atoms with van der Waals surface area (Å²) in [5, 5.41) is 7.12. The van der Waals surface area contributed by atoms with Crippen molar-refractivity contribution >= 4 is 29.0 Å². The van der Waals surface area contributed by atoms with Crippen LogP contribution in [-0.2, 0) is 18.4 Å². The summed E-state index contributed by atoms with van der Waals surface area (Å²) in [5.41, 5.74) is 8.25. The van der Waals surface area contributed by atoms with Crippen molar-refractivity contribution in [1.29, 1.82) is 0 Å². The Labute approximate surface area is 199 Å². The molecule has 35 heavy (non-hydrogen) atoms. The highest BCUT2D eigenvalue weighted by Crippen LogP contribution is 2.25. The van der Waals surface area contributed by atoms with E-state index in [0.717, 1.165) is 37.4 Å². The third kappa shape index (κ3) is 5.91. The summed E-state index contributed by atoms with van der Waals surface area (Å²) in [6.07, 6.45) is -3.05. The second kappa shape index (κ2) is 10.3. The topological polar surface area (TPSA) is 123 Å². The largest absolute Gasteiger partial charge is 0.490 e. The van der Waals surface area contributed by atoms with Gasteiger partial charge < -0.3 is 20.6 Å². The molecule has 1 aliphatic rings. The van der Waals surface area contributed by atoms with Crippen LogP contribution in [0.3, 0.4) is 0 Å². The van der Waals surface area contributed by atoms with Gasteiger partial charge in [0.25, 0.3) is 5.56 Å². The molecule has 2 aromatic heterocycles. The van der Waals surface area contributed by atoms with Crippen molar-refractivity contribution in [1.82, 2.24) is 19.1 Å². The molecule has 3 N–H and O–H groups in total. The minimum Gasteiger partial charge on any atom is -0.475 e.